The van der Waals surface area contributed by atoms with E-state index in [2.05, 4.69) is 26.0 Å². The summed E-state index contributed by atoms with van der Waals surface area (Å²) in [4.78, 5) is 11.9. The Kier molecular flexibility index (Phi) is 11.0. The second kappa shape index (κ2) is 12.4. The van der Waals surface area contributed by atoms with Gasteiger partial charge >= 0.3 is 0 Å². The molecule has 1 aromatic carbocycles. The van der Waals surface area contributed by atoms with Gasteiger partial charge in [-0.1, -0.05) is 22.4 Å². The van der Waals surface area contributed by atoms with E-state index in [0.29, 0.717) is 39.1 Å². The molecule has 0 aliphatic rings. The van der Waals surface area contributed by atoms with Crippen LogP contribution in [-0.4, -0.2) is 40.6 Å². The molecule has 0 aliphatic carbocycles. The minimum atomic E-state index is -3.46. The van der Waals surface area contributed by atoms with Gasteiger partial charge in [0.25, 0.3) is 0 Å². The first kappa shape index (κ1) is 22.1. The van der Waals surface area contributed by atoms with E-state index in [4.69, 9.17) is 4.74 Å². The van der Waals surface area contributed by atoms with Gasteiger partial charge in [0.15, 0.2) is 0 Å². The molecule has 142 valence electrons. The monoisotopic (exact) mass is 434 g/mol. The average molecular weight is 435 g/mol. The zero-order valence-corrected chi connectivity index (χ0v) is 17.0. The highest BCUT2D eigenvalue weighted by Crippen LogP contribution is 2.14. The number of hydrogen-bond acceptors (Lipinski definition) is 4. The van der Waals surface area contributed by atoms with E-state index in [-0.39, 0.29) is 10.8 Å². The molecule has 2 N–H and O–H groups in total. The van der Waals surface area contributed by atoms with Gasteiger partial charge in [0.05, 0.1) is 4.90 Å². The first-order valence-corrected chi connectivity index (χ1v) is 10.8. The van der Waals surface area contributed by atoms with Gasteiger partial charge in [-0.15, -0.1) is 0 Å². The van der Waals surface area contributed by atoms with Crippen molar-refractivity contribution in [2.24, 2.45) is 0 Å². The van der Waals surface area contributed by atoms with Gasteiger partial charge in [-0.3, -0.25) is 4.79 Å². The van der Waals surface area contributed by atoms with Gasteiger partial charge in [-0.25, -0.2) is 13.1 Å². The molecule has 6 nitrogen and oxygen atoms in total. The Hall–Kier alpha value is -0.960. The maximum absolute atomic E-state index is 12.1. The number of halogens is 1. The van der Waals surface area contributed by atoms with Crippen molar-refractivity contribution in [3.05, 3.63) is 28.7 Å². The van der Waals surface area contributed by atoms with Crippen LogP contribution in [0, 0.1) is 0 Å². The van der Waals surface area contributed by atoms with E-state index in [1.165, 1.54) is 0 Å². The molecule has 0 spiro atoms. The third-order valence-corrected chi connectivity index (χ3v) is 5.49. The first-order chi connectivity index (χ1) is 12.0. The van der Waals surface area contributed by atoms with Gasteiger partial charge in [0.2, 0.25) is 15.9 Å². The van der Waals surface area contributed by atoms with Crippen LogP contribution in [0.5, 0.6) is 0 Å². The number of ether oxygens (including phenoxy) is 1. The largest absolute Gasteiger partial charge is 0.382 e. The molecule has 8 heteroatoms. The maximum atomic E-state index is 12.1. The zero-order chi connectivity index (χ0) is 18.5. The van der Waals surface area contributed by atoms with Crippen molar-refractivity contribution in [1.82, 2.24) is 10.0 Å². The lowest BCUT2D eigenvalue weighted by atomic mass is 10.2. The molecule has 0 aromatic heterocycles. The van der Waals surface area contributed by atoms with Crippen molar-refractivity contribution in [3.8, 4) is 0 Å². The molecular formula is C17H27BrN2O4S. The van der Waals surface area contributed by atoms with E-state index >= 15 is 0 Å². The zero-order valence-electron chi connectivity index (χ0n) is 14.6. The summed E-state index contributed by atoms with van der Waals surface area (Å²) < 4.78 is 32.8. The fourth-order valence-electron chi connectivity index (χ4n) is 2.13. The molecule has 0 bridgehead atoms. The minimum absolute atomic E-state index is 0.0342. The molecular weight excluding hydrogens is 408 g/mol. The van der Waals surface area contributed by atoms with Crippen LogP contribution in [0.15, 0.2) is 33.6 Å². The van der Waals surface area contributed by atoms with Gasteiger partial charge in [-0.2, -0.15) is 0 Å². The van der Waals surface area contributed by atoms with Gasteiger partial charge in [0, 0.05) is 37.2 Å². The van der Waals surface area contributed by atoms with E-state index in [1.807, 2.05) is 6.92 Å². The molecule has 0 saturated carbocycles. The van der Waals surface area contributed by atoms with Crippen LogP contribution in [0.25, 0.3) is 0 Å². The number of unbranched alkanes of at least 4 members (excludes halogenated alkanes) is 2. The first-order valence-electron chi connectivity index (χ1n) is 8.55. The van der Waals surface area contributed by atoms with Crippen LogP contribution in [0.2, 0.25) is 0 Å². The number of amides is 1. The Morgan fingerprint density at radius 1 is 1.08 bits per heavy atom. The predicted octanol–water partition coefficient (Wildman–Crippen LogP) is 2.83. The summed E-state index contributed by atoms with van der Waals surface area (Å²) in [6.45, 7) is 4.30. The highest BCUT2D eigenvalue weighted by atomic mass is 79.9. The van der Waals surface area contributed by atoms with E-state index in [0.717, 1.165) is 23.7 Å². The van der Waals surface area contributed by atoms with Gasteiger partial charge < -0.3 is 10.1 Å². The fraction of sp³-hybridized carbons (Fsp3) is 0.588. The maximum Gasteiger partial charge on any atom is 0.240 e. The number of benzene rings is 1. The van der Waals surface area contributed by atoms with Crippen LogP contribution in [-0.2, 0) is 19.6 Å². The second-order valence-corrected chi connectivity index (χ2v) is 8.25. The van der Waals surface area contributed by atoms with Crippen LogP contribution in [0.3, 0.4) is 0 Å². The molecule has 1 rings (SSSR count). The highest BCUT2D eigenvalue weighted by molar-refractivity contribution is 9.10. The fourth-order valence-corrected chi connectivity index (χ4v) is 3.46. The Labute approximate surface area is 158 Å². The lowest BCUT2D eigenvalue weighted by Crippen LogP contribution is -2.25. The number of hydrogen-bond donors (Lipinski definition) is 2. The van der Waals surface area contributed by atoms with Crippen molar-refractivity contribution in [3.63, 3.8) is 0 Å². The van der Waals surface area contributed by atoms with Crippen LogP contribution in [0.1, 0.15) is 39.0 Å². The Bertz CT molecular complexity index is 606. The van der Waals surface area contributed by atoms with Crippen LogP contribution >= 0.6 is 15.9 Å². The van der Waals surface area contributed by atoms with Crippen molar-refractivity contribution in [2.45, 2.75) is 43.9 Å². The summed E-state index contributed by atoms with van der Waals surface area (Å²) in [7, 11) is -3.46. The third-order valence-electron chi connectivity index (χ3n) is 3.49. The number of nitrogens with one attached hydrogen (secondary N) is 2. The standard InChI is InChI=1S/C17H27BrN2O4S/c1-2-24-14-6-12-19-17(21)7-4-3-5-13-20-25(22,23)16-10-8-15(18)9-11-16/h8-11,20H,2-7,12-14H2,1H3,(H,19,21). The molecule has 0 heterocycles. The van der Waals surface area contributed by atoms with Crippen molar-refractivity contribution < 1.29 is 17.9 Å². The summed E-state index contributed by atoms with van der Waals surface area (Å²) in [6, 6.07) is 6.51. The number of rotatable bonds is 13. The summed E-state index contributed by atoms with van der Waals surface area (Å²) in [5.41, 5.74) is 0. The molecule has 0 saturated heterocycles. The smallest absolute Gasteiger partial charge is 0.240 e. The third kappa shape index (κ3) is 9.94. The SMILES string of the molecule is CCOCCCNC(=O)CCCCCNS(=O)(=O)c1ccc(Br)cc1. The van der Waals surface area contributed by atoms with E-state index in [9.17, 15) is 13.2 Å². The number of carbonyl (C=O) groups excluding carboxylic acids is 1. The number of sulfonamides is 1. The molecule has 25 heavy (non-hydrogen) atoms. The van der Waals surface area contributed by atoms with E-state index < -0.39 is 10.0 Å². The van der Waals surface area contributed by atoms with Gasteiger partial charge in [-0.05, 0) is 50.5 Å². The van der Waals surface area contributed by atoms with Crippen molar-refractivity contribution in [2.75, 3.05) is 26.3 Å². The normalized spacial score (nSPS) is 11.4. The highest BCUT2D eigenvalue weighted by Gasteiger charge is 2.12. The Balaban J connectivity index is 2.09. The second-order valence-electron chi connectivity index (χ2n) is 5.56. The quantitative estimate of drug-likeness (QED) is 0.467. The molecule has 0 radical (unpaired) electrons. The molecule has 0 aliphatic heterocycles. The van der Waals surface area contributed by atoms with Gasteiger partial charge in [0.1, 0.15) is 0 Å². The Morgan fingerprint density at radius 3 is 2.48 bits per heavy atom. The van der Waals surface area contributed by atoms with Crippen molar-refractivity contribution >= 4 is 31.9 Å². The predicted molar refractivity (Wildman–Crippen MR) is 102 cm³/mol. The summed E-state index contributed by atoms with van der Waals surface area (Å²) in [5.74, 6) is 0.0342. The molecule has 1 aromatic rings. The molecule has 0 fully saturated rings. The average Bonchev–Trinajstić information content (AvgIpc) is 2.58. The lowest BCUT2D eigenvalue weighted by Gasteiger charge is -2.07. The van der Waals surface area contributed by atoms with Crippen molar-refractivity contribution in [1.29, 1.82) is 0 Å². The molecule has 1 amide bonds. The van der Waals surface area contributed by atoms with E-state index in [1.54, 1.807) is 24.3 Å². The minimum Gasteiger partial charge on any atom is -0.382 e. The number of carbonyl (C=O) groups is 1. The summed E-state index contributed by atoms with van der Waals surface area (Å²) >= 11 is 3.28. The Morgan fingerprint density at radius 2 is 1.80 bits per heavy atom. The van der Waals surface area contributed by atoms with Crippen LogP contribution in [0.4, 0.5) is 0 Å². The van der Waals surface area contributed by atoms with Crippen LogP contribution < -0.4 is 10.0 Å². The molecule has 0 atom stereocenters. The molecule has 0 unspecified atom stereocenters. The summed E-state index contributed by atoms with van der Waals surface area (Å²) in [6.07, 6.45) is 3.53. The summed E-state index contributed by atoms with van der Waals surface area (Å²) in [5, 5.41) is 2.85. The topological polar surface area (TPSA) is 84.5 Å². The lowest BCUT2D eigenvalue weighted by molar-refractivity contribution is -0.121.